The Labute approximate surface area is 123 Å². The summed E-state index contributed by atoms with van der Waals surface area (Å²) in [5.41, 5.74) is 0.940. The lowest BCUT2D eigenvalue weighted by Crippen LogP contribution is -2.29. The second-order valence-corrected chi connectivity index (χ2v) is 4.51. The number of carbonyl (C=O) groups excluding carboxylic acids is 1. The second kappa shape index (κ2) is 6.83. The molecular formula is C16H17FN2O2. The fourth-order valence-electron chi connectivity index (χ4n) is 2.10. The quantitative estimate of drug-likeness (QED) is 0.919. The van der Waals surface area contributed by atoms with Crippen molar-refractivity contribution in [2.45, 2.75) is 19.4 Å². The first kappa shape index (κ1) is 15.0. The van der Waals surface area contributed by atoms with Crippen molar-refractivity contribution in [3.05, 3.63) is 59.7 Å². The molecule has 1 amide bonds. The van der Waals surface area contributed by atoms with Crippen LogP contribution in [0.15, 0.2) is 42.6 Å². The molecule has 5 heteroatoms. The van der Waals surface area contributed by atoms with Gasteiger partial charge in [0.25, 0.3) is 5.91 Å². The summed E-state index contributed by atoms with van der Waals surface area (Å²) < 4.78 is 18.6. The van der Waals surface area contributed by atoms with Crippen LogP contribution in [0, 0.1) is 5.82 Å². The number of hydrogen-bond acceptors (Lipinski definition) is 3. The van der Waals surface area contributed by atoms with Crippen molar-refractivity contribution in [2.75, 3.05) is 7.11 Å². The molecule has 0 saturated carbocycles. The molecule has 0 spiro atoms. The molecule has 1 aromatic carbocycles. The molecule has 0 radical (unpaired) electrons. The topological polar surface area (TPSA) is 51.2 Å². The van der Waals surface area contributed by atoms with Crippen LogP contribution in [0.2, 0.25) is 0 Å². The Morgan fingerprint density at radius 1 is 1.33 bits per heavy atom. The van der Waals surface area contributed by atoms with Gasteiger partial charge in [0.1, 0.15) is 0 Å². The zero-order valence-electron chi connectivity index (χ0n) is 12.0. The van der Waals surface area contributed by atoms with E-state index in [4.69, 9.17) is 4.74 Å². The molecule has 1 aromatic heterocycles. The van der Waals surface area contributed by atoms with Gasteiger partial charge >= 0.3 is 0 Å². The maximum absolute atomic E-state index is 13.6. The number of methoxy groups -OCH3 is 1. The SMILES string of the molecule is CCC(NC(=O)c1cccc(F)c1OC)c1ccccn1. The molecule has 0 saturated heterocycles. The van der Waals surface area contributed by atoms with E-state index >= 15 is 0 Å². The van der Waals surface area contributed by atoms with Crippen molar-refractivity contribution in [3.63, 3.8) is 0 Å². The summed E-state index contributed by atoms with van der Waals surface area (Å²) in [5, 5.41) is 2.85. The standard InChI is InChI=1S/C16H17FN2O2/c1-3-13(14-9-4-5-10-18-14)19-16(20)11-7-6-8-12(17)15(11)21-2/h4-10,13H,3H2,1-2H3,(H,19,20). The molecular weight excluding hydrogens is 271 g/mol. The third-order valence-corrected chi connectivity index (χ3v) is 3.17. The lowest BCUT2D eigenvalue weighted by Gasteiger charge is -2.17. The Morgan fingerprint density at radius 3 is 2.76 bits per heavy atom. The predicted octanol–water partition coefficient (Wildman–Crippen LogP) is 3.11. The number of hydrogen-bond donors (Lipinski definition) is 1. The van der Waals surface area contributed by atoms with Crippen LogP contribution in [0.4, 0.5) is 4.39 Å². The highest BCUT2D eigenvalue weighted by Gasteiger charge is 2.19. The maximum atomic E-state index is 13.6. The first-order chi connectivity index (χ1) is 10.2. The van der Waals surface area contributed by atoms with Crippen LogP contribution in [0.5, 0.6) is 5.75 Å². The van der Waals surface area contributed by atoms with Crippen LogP contribution >= 0.6 is 0 Å². The van der Waals surface area contributed by atoms with Crippen molar-refractivity contribution < 1.29 is 13.9 Å². The van der Waals surface area contributed by atoms with Crippen LogP contribution in [0.3, 0.4) is 0 Å². The number of nitrogens with zero attached hydrogens (tertiary/aromatic N) is 1. The largest absolute Gasteiger partial charge is 0.493 e. The maximum Gasteiger partial charge on any atom is 0.255 e. The highest BCUT2D eigenvalue weighted by atomic mass is 19.1. The van der Waals surface area contributed by atoms with Gasteiger partial charge in [-0.1, -0.05) is 19.1 Å². The lowest BCUT2D eigenvalue weighted by atomic mass is 10.1. The van der Waals surface area contributed by atoms with Gasteiger partial charge < -0.3 is 10.1 Å². The zero-order chi connectivity index (χ0) is 15.2. The third-order valence-electron chi connectivity index (χ3n) is 3.17. The van der Waals surface area contributed by atoms with Crippen molar-refractivity contribution in [3.8, 4) is 5.75 Å². The van der Waals surface area contributed by atoms with Crippen molar-refractivity contribution in [2.24, 2.45) is 0 Å². The average molecular weight is 288 g/mol. The van der Waals surface area contributed by atoms with Gasteiger partial charge in [0.15, 0.2) is 11.6 Å². The van der Waals surface area contributed by atoms with E-state index in [1.807, 2.05) is 25.1 Å². The van der Waals surface area contributed by atoms with E-state index in [0.717, 1.165) is 5.69 Å². The van der Waals surface area contributed by atoms with E-state index < -0.39 is 5.82 Å². The number of benzene rings is 1. The van der Waals surface area contributed by atoms with Crippen molar-refractivity contribution >= 4 is 5.91 Å². The fraction of sp³-hybridized carbons (Fsp3) is 0.250. The number of ether oxygens (including phenoxy) is 1. The number of aromatic nitrogens is 1. The van der Waals surface area contributed by atoms with E-state index in [1.54, 1.807) is 6.20 Å². The van der Waals surface area contributed by atoms with E-state index in [-0.39, 0.29) is 23.3 Å². The molecule has 1 heterocycles. The molecule has 1 atom stereocenters. The van der Waals surface area contributed by atoms with Gasteiger partial charge in [-0.3, -0.25) is 9.78 Å². The van der Waals surface area contributed by atoms with E-state index in [0.29, 0.717) is 6.42 Å². The molecule has 2 rings (SSSR count). The molecule has 0 fully saturated rings. The zero-order valence-corrected chi connectivity index (χ0v) is 12.0. The Balaban J connectivity index is 2.23. The van der Waals surface area contributed by atoms with Crippen LogP contribution in [-0.4, -0.2) is 18.0 Å². The summed E-state index contributed by atoms with van der Waals surface area (Å²) in [6, 6.07) is 9.56. The van der Waals surface area contributed by atoms with E-state index in [2.05, 4.69) is 10.3 Å². The summed E-state index contributed by atoms with van der Waals surface area (Å²) in [7, 11) is 1.34. The summed E-state index contributed by atoms with van der Waals surface area (Å²) >= 11 is 0. The Hall–Kier alpha value is -2.43. The first-order valence-corrected chi connectivity index (χ1v) is 6.71. The summed E-state index contributed by atoms with van der Waals surface area (Å²) in [6.07, 6.45) is 2.35. The molecule has 4 nitrogen and oxygen atoms in total. The predicted molar refractivity (Wildman–Crippen MR) is 77.7 cm³/mol. The number of pyridine rings is 1. The Kier molecular flexibility index (Phi) is 4.87. The minimum absolute atomic E-state index is 0.0501. The minimum atomic E-state index is -0.559. The number of carbonyl (C=O) groups is 1. The number of para-hydroxylation sites is 1. The highest BCUT2D eigenvalue weighted by Crippen LogP contribution is 2.23. The number of halogens is 1. The molecule has 1 N–H and O–H groups in total. The monoisotopic (exact) mass is 288 g/mol. The third kappa shape index (κ3) is 3.37. The van der Waals surface area contributed by atoms with Crippen molar-refractivity contribution in [1.29, 1.82) is 0 Å². The van der Waals surface area contributed by atoms with Crippen molar-refractivity contribution in [1.82, 2.24) is 10.3 Å². The van der Waals surface area contributed by atoms with Crippen LogP contribution in [-0.2, 0) is 0 Å². The van der Waals surface area contributed by atoms with Gasteiger partial charge in [0.05, 0.1) is 24.4 Å². The van der Waals surface area contributed by atoms with Gasteiger partial charge in [-0.2, -0.15) is 0 Å². The first-order valence-electron chi connectivity index (χ1n) is 6.71. The van der Waals surface area contributed by atoms with Crippen LogP contribution < -0.4 is 10.1 Å². The molecule has 21 heavy (non-hydrogen) atoms. The second-order valence-electron chi connectivity index (χ2n) is 4.51. The van der Waals surface area contributed by atoms with Crippen LogP contribution in [0.25, 0.3) is 0 Å². The summed E-state index contributed by atoms with van der Waals surface area (Å²) in [5.74, 6) is -0.995. The average Bonchev–Trinajstić information content (AvgIpc) is 2.53. The summed E-state index contributed by atoms with van der Waals surface area (Å²) in [6.45, 7) is 1.95. The van der Waals surface area contributed by atoms with E-state index in [1.165, 1.54) is 25.3 Å². The summed E-state index contributed by atoms with van der Waals surface area (Å²) in [4.78, 5) is 16.6. The molecule has 110 valence electrons. The fourth-order valence-corrected chi connectivity index (χ4v) is 2.10. The highest BCUT2D eigenvalue weighted by molar-refractivity contribution is 5.97. The van der Waals surface area contributed by atoms with Gasteiger partial charge in [-0.05, 0) is 30.7 Å². The molecule has 0 aliphatic carbocycles. The Morgan fingerprint density at radius 2 is 2.14 bits per heavy atom. The smallest absolute Gasteiger partial charge is 0.255 e. The van der Waals surface area contributed by atoms with E-state index in [9.17, 15) is 9.18 Å². The molecule has 0 bridgehead atoms. The van der Waals surface area contributed by atoms with Gasteiger partial charge in [-0.15, -0.1) is 0 Å². The molecule has 0 aliphatic heterocycles. The molecule has 2 aromatic rings. The molecule has 0 aliphatic rings. The number of nitrogens with one attached hydrogen (secondary N) is 1. The normalized spacial score (nSPS) is 11.8. The van der Waals surface area contributed by atoms with Crippen LogP contribution in [0.1, 0.15) is 35.4 Å². The Bertz CT molecular complexity index is 617. The van der Waals surface area contributed by atoms with Gasteiger partial charge in [0.2, 0.25) is 0 Å². The lowest BCUT2D eigenvalue weighted by molar-refractivity contribution is 0.0930. The molecule has 1 unspecified atom stereocenters. The van der Waals surface area contributed by atoms with Gasteiger partial charge in [-0.25, -0.2) is 4.39 Å². The number of rotatable bonds is 5. The number of amides is 1. The van der Waals surface area contributed by atoms with Gasteiger partial charge in [0, 0.05) is 6.20 Å². The minimum Gasteiger partial charge on any atom is -0.493 e.